The van der Waals surface area contributed by atoms with Crippen LogP contribution in [0.4, 0.5) is 27.6 Å². The number of aromatic nitrogens is 1. The molecule has 1 aromatic carbocycles. The molecule has 3 N–H and O–H groups in total. The molecule has 2 fully saturated rings. The van der Waals surface area contributed by atoms with E-state index in [9.17, 15) is 22.0 Å². The van der Waals surface area contributed by atoms with Crippen molar-refractivity contribution in [3.63, 3.8) is 0 Å². The number of alkyl halides is 5. The van der Waals surface area contributed by atoms with Gasteiger partial charge in [-0.05, 0) is 93.5 Å². The molecule has 0 bridgehead atoms. The third-order valence-corrected chi connectivity index (χ3v) is 7.65. The van der Waals surface area contributed by atoms with Gasteiger partial charge in [-0.3, -0.25) is 4.98 Å². The largest absolute Gasteiger partial charge is 0.418 e. The van der Waals surface area contributed by atoms with Crippen LogP contribution in [0.25, 0.3) is 0 Å². The highest BCUT2D eigenvalue weighted by molar-refractivity contribution is 6.03. The summed E-state index contributed by atoms with van der Waals surface area (Å²) in [4.78, 5) is 3.90. The predicted octanol–water partition coefficient (Wildman–Crippen LogP) is 7.64. The monoisotopic (exact) mass is 522 g/mol. The Kier molecular flexibility index (Phi) is 8.51. The number of aryl methyl sites for hydroxylation is 1. The van der Waals surface area contributed by atoms with Crippen LogP contribution < -0.4 is 10.6 Å². The van der Waals surface area contributed by atoms with E-state index in [4.69, 9.17) is 5.41 Å². The highest BCUT2D eigenvalue weighted by atomic mass is 19.4. The van der Waals surface area contributed by atoms with Crippen molar-refractivity contribution >= 4 is 11.4 Å². The molecule has 37 heavy (non-hydrogen) atoms. The number of anilines is 1. The van der Waals surface area contributed by atoms with Crippen molar-refractivity contribution < 1.29 is 22.0 Å². The summed E-state index contributed by atoms with van der Waals surface area (Å²) < 4.78 is 68.2. The van der Waals surface area contributed by atoms with Gasteiger partial charge in [0.15, 0.2) is 0 Å². The smallest absolute Gasteiger partial charge is 0.381 e. The van der Waals surface area contributed by atoms with Gasteiger partial charge in [-0.15, -0.1) is 0 Å². The number of halogens is 5. The number of hydrogen-bond acceptors (Lipinski definition) is 4. The molecule has 1 saturated carbocycles. The SMILES string of the molecule is CCC(=N)c1cc(CCC2CC(c3ccc(C(F)F)nc3)CC(C)N2)cc(C(F)(F)F)c1NC1CCC1. The molecule has 2 aromatic rings. The van der Waals surface area contributed by atoms with E-state index in [0.29, 0.717) is 30.4 Å². The average Bonchev–Trinajstić information content (AvgIpc) is 2.83. The molecule has 0 spiro atoms. The van der Waals surface area contributed by atoms with Gasteiger partial charge in [0.25, 0.3) is 6.43 Å². The van der Waals surface area contributed by atoms with Crippen LogP contribution in [-0.2, 0) is 12.6 Å². The molecule has 4 nitrogen and oxygen atoms in total. The molecule has 3 atom stereocenters. The van der Waals surface area contributed by atoms with E-state index in [2.05, 4.69) is 22.5 Å². The minimum absolute atomic E-state index is 0.0180. The summed E-state index contributed by atoms with van der Waals surface area (Å²) in [7, 11) is 0. The van der Waals surface area contributed by atoms with Gasteiger partial charge in [-0.2, -0.15) is 13.2 Å². The number of pyridine rings is 1. The molecule has 9 heteroatoms. The minimum Gasteiger partial charge on any atom is -0.381 e. The van der Waals surface area contributed by atoms with Crippen molar-refractivity contribution in [3.8, 4) is 0 Å². The topological polar surface area (TPSA) is 60.8 Å². The van der Waals surface area contributed by atoms with Crippen LogP contribution in [0, 0.1) is 5.41 Å². The van der Waals surface area contributed by atoms with Gasteiger partial charge < -0.3 is 16.0 Å². The van der Waals surface area contributed by atoms with Gasteiger partial charge in [0.2, 0.25) is 0 Å². The molecule has 1 aliphatic carbocycles. The molecular weight excluding hydrogens is 487 g/mol. The molecule has 0 amide bonds. The fraction of sp³-hybridized carbons (Fsp3) is 0.571. The normalized spacial score (nSPS) is 22.6. The first-order chi connectivity index (χ1) is 17.5. The lowest BCUT2D eigenvalue weighted by atomic mass is 9.82. The summed E-state index contributed by atoms with van der Waals surface area (Å²) >= 11 is 0. The molecule has 202 valence electrons. The summed E-state index contributed by atoms with van der Waals surface area (Å²) in [5.41, 5.74) is 1.11. The van der Waals surface area contributed by atoms with E-state index in [1.165, 1.54) is 18.3 Å². The van der Waals surface area contributed by atoms with Crippen LogP contribution in [-0.4, -0.2) is 28.8 Å². The Hall–Kier alpha value is -2.55. The quantitative estimate of drug-likeness (QED) is 0.234. The van der Waals surface area contributed by atoms with E-state index >= 15 is 0 Å². The first-order valence-corrected chi connectivity index (χ1v) is 13.1. The van der Waals surface area contributed by atoms with Gasteiger partial charge in [0.1, 0.15) is 5.69 Å². The van der Waals surface area contributed by atoms with Gasteiger partial charge in [0, 0.05) is 35.6 Å². The molecule has 3 unspecified atom stereocenters. The first kappa shape index (κ1) is 27.5. The van der Waals surface area contributed by atoms with Crippen LogP contribution >= 0.6 is 0 Å². The van der Waals surface area contributed by atoms with E-state index < -0.39 is 18.2 Å². The van der Waals surface area contributed by atoms with E-state index in [1.807, 2.05) is 0 Å². The van der Waals surface area contributed by atoms with Crippen LogP contribution in [0.5, 0.6) is 0 Å². The minimum atomic E-state index is -4.52. The molecule has 0 radical (unpaired) electrons. The zero-order valence-corrected chi connectivity index (χ0v) is 21.3. The average molecular weight is 523 g/mol. The molecule has 4 rings (SSSR count). The molecule has 2 heterocycles. The van der Waals surface area contributed by atoms with Gasteiger partial charge in [-0.1, -0.05) is 13.0 Å². The van der Waals surface area contributed by atoms with E-state index in [1.54, 1.807) is 19.1 Å². The van der Waals surface area contributed by atoms with E-state index in [-0.39, 0.29) is 41.1 Å². The fourth-order valence-corrected chi connectivity index (χ4v) is 5.42. The van der Waals surface area contributed by atoms with Crippen molar-refractivity contribution in [2.24, 2.45) is 0 Å². The summed E-state index contributed by atoms with van der Waals surface area (Å²) in [5.74, 6) is 0.143. The Morgan fingerprint density at radius 3 is 2.51 bits per heavy atom. The maximum Gasteiger partial charge on any atom is 0.418 e. The van der Waals surface area contributed by atoms with Crippen molar-refractivity contribution in [2.75, 3.05) is 5.32 Å². The van der Waals surface area contributed by atoms with Crippen LogP contribution in [0.1, 0.15) is 99.1 Å². The second-order valence-electron chi connectivity index (χ2n) is 10.5. The maximum absolute atomic E-state index is 14.1. The van der Waals surface area contributed by atoms with Crippen LogP contribution in [0.2, 0.25) is 0 Å². The zero-order valence-electron chi connectivity index (χ0n) is 21.3. The maximum atomic E-state index is 14.1. The highest BCUT2D eigenvalue weighted by Crippen LogP contribution is 2.40. The Balaban J connectivity index is 1.53. The Bertz CT molecular complexity index is 1080. The third-order valence-electron chi connectivity index (χ3n) is 7.65. The number of piperidine rings is 1. The number of benzene rings is 1. The number of hydrogen-bond donors (Lipinski definition) is 3. The van der Waals surface area contributed by atoms with Crippen LogP contribution in [0.15, 0.2) is 30.5 Å². The second kappa shape index (κ2) is 11.5. The predicted molar refractivity (Wildman–Crippen MR) is 136 cm³/mol. The summed E-state index contributed by atoms with van der Waals surface area (Å²) in [6.07, 6.45) is 0.0822. The van der Waals surface area contributed by atoms with Gasteiger partial charge >= 0.3 is 6.18 Å². The zero-order chi connectivity index (χ0) is 26.7. The van der Waals surface area contributed by atoms with Crippen molar-refractivity contribution in [1.29, 1.82) is 5.41 Å². The third kappa shape index (κ3) is 6.67. The van der Waals surface area contributed by atoms with Gasteiger partial charge in [-0.25, -0.2) is 8.78 Å². The van der Waals surface area contributed by atoms with Crippen molar-refractivity contribution in [3.05, 3.63) is 58.4 Å². The lowest BCUT2D eigenvalue weighted by Gasteiger charge is -2.35. The number of nitrogens with one attached hydrogen (secondary N) is 3. The van der Waals surface area contributed by atoms with Crippen LogP contribution in [0.3, 0.4) is 0 Å². The molecular formula is C28H35F5N4. The lowest BCUT2D eigenvalue weighted by Crippen LogP contribution is -2.43. The Morgan fingerprint density at radius 2 is 1.95 bits per heavy atom. The Labute approximate surface area is 215 Å². The summed E-state index contributed by atoms with van der Waals surface area (Å²) in [5, 5.41) is 15.0. The second-order valence-corrected chi connectivity index (χ2v) is 10.5. The standard InChI is InChI=1S/C28H35F5N4/c1-3-24(34)22-12-17(13-23(28(31,32)33)26(22)37-20-5-4-6-20)7-9-21-14-19(11-16(2)36-21)18-8-10-25(27(29)30)35-15-18/h8,10,12-13,15-16,19-21,27,34,36-37H,3-7,9,11,14H2,1-2H3. The fourth-order valence-electron chi connectivity index (χ4n) is 5.42. The highest BCUT2D eigenvalue weighted by Gasteiger charge is 2.37. The molecule has 1 saturated heterocycles. The number of rotatable bonds is 9. The molecule has 1 aromatic heterocycles. The number of nitrogens with zero attached hydrogens (tertiary/aromatic N) is 1. The summed E-state index contributed by atoms with van der Waals surface area (Å²) in [6.45, 7) is 3.84. The Morgan fingerprint density at radius 1 is 1.19 bits per heavy atom. The lowest BCUT2D eigenvalue weighted by molar-refractivity contribution is -0.137. The van der Waals surface area contributed by atoms with Crippen molar-refractivity contribution in [2.45, 2.75) is 102 Å². The van der Waals surface area contributed by atoms with E-state index in [0.717, 1.165) is 37.7 Å². The van der Waals surface area contributed by atoms with Crippen molar-refractivity contribution in [1.82, 2.24) is 10.3 Å². The molecule has 2 aliphatic rings. The van der Waals surface area contributed by atoms with Gasteiger partial charge in [0.05, 0.1) is 11.3 Å². The first-order valence-electron chi connectivity index (χ1n) is 13.1. The molecule has 1 aliphatic heterocycles. The summed E-state index contributed by atoms with van der Waals surface area (Å²) in [6, 6.07) is 6.33.